The number of Topliss-reactive ketones (excluding diaryl/α,β-unsaturated/α-hetero) is 1. The van der Waals surface area contributed by atoms with E-state index < -0.39 is 17.3 Å². The molecule has 1 aromatic carbocycles. The number of carbonyl (C=O) groups is 2. The number of fused-ring (bicyclic) bond motifs is 5. The Morgan fingerprint density at radius 3 is 2.50 bits per heavy atom. The molecular weight excluding hydrogens is 541 g/mol. The lowest BCUT2D eigenvalue weighted by Crippen LogP contribution is -2.62. The van der Waals surface area contributed by atoms with Gasteiger partial charge in [0.2, 0.25) is 0 Å². The van der Waals surface area contributed by atoms with Crippen molar-refractivity contribution in [2.45, 2.75) is 109 Å². The van der Waals surface area contributed by atoms with Crippen LogP contribution in [0.4, 0.5) is 13.2 Å². The SMILES string of the molecule is CC1CN(C(=O)c2cccc(C(F)(F)F)c2)C(C)CN1C[C@@]1(O)CC[C@@]2(C)[C@@H](CC[C@@H]3[C@@H]2CC[C@]2(C)C(=O)CC[C@@H]32)C1. The maximum Gasteiger partial charge on any atom is 0.416 e. The number of ketones is 1. The molecule has 1 amide bonds. The minimum absolute atomic E-state index is 0.0139. The fourth-order valence-electron chi connectivity index (χ4n) is 10.3. The van der Waals surface area contributed by atoms with Gasteiger partial charge in [0.05, 0.1) is 11.2 Å². The Labute approximate surface area is 248 Å². The monoisotopic (exact) mass is 588 g/mol. The van der Waals surface area contributed by atoms with Gasteiger partial charge in [0, 0.05) is 49.1 Å². The molecule has 1 N–H and O–H groups in total. The largest absolute Gasteiger partial charge is 0.416 e. The van der Waals surface area contributed by atoms with Crippen LogP contribution in [0.25, 0.3) is 0 Å². The van der Waals surface area contributed by atoms with Crippen LogP contribution in [0.1, 0.15) is 101 Å². The predicted octanol–water partition coefficient (Wildman–Crippen LogP) is 6.58. The van der Waals surface area contributed by atoms with Gasteiger partial charge < -0.3 is 10.0 Å². The number of alkyl halides is 3. The third kappa shape index (κ3) is 4.92. The molecule has 0 aromatic heterocycles. The van der Waals surface area contributed by atoms with Gasteiger partial charge in [0.1, 0.15) is 5.78 Å². The van der Waals surface area contributed by atoms with Crippen LogP contribution >= 0.6 is 0 Å². The van der Waals surface area contributed by atoms with E-state index >= 15 is 0 Å². The lowest BCUT2D eigenvalue weighted by atomic mass is 9.44. The second kappa shape index (κ2) is 10.3. The topological polar surface area (TPSA) is 60.9 Å². The second-order valence-corrected chi connectivity index (χ2v) is 15.2. The zero-order valence-electron chi connectivity index (χ0n) is 25.6. The van der Waals surface area contributed by atoms with Gasteiger partial charge in [-0.3, -0.25) is 14.5 Å². The van der Waals surface area contributed by atoms with Crippen molar-refractivity contribution >= 4 is 11.7 Å². The summed E-state index contributed by atoms with van der Waals surface area (Å²) >= 11 is 0. The maximum atomic E-state index is 13.3. The van der Waals surface area contributed by atoms with Crippen LogP contribution in [0, 0.1) is 34.5 Å². The molecule has 5 fully saturated rings. The van der Waals surface area contributed by atoms with Crippen LogP contribution < -0.4 is 0 Å². The molecule has 6 rings (SSSR count). The van der Waals surface area contributed by atoms with Crippen LogP contribution in [0.5, 0.6) is 0 Å². The van der Waals surface area contributed by atoms with Crippen molar-refractivity contribution in [1.29, 1.82) is 0 Å². The summed E-state index contributed by atoms with van der Waals surface area (Å²) in [4.78, 5) is 30.0. The van der Waals surface area contributed by atoms with E-state index in [9.17, 15) is 27.9 Å². The molecule has 4 aliphatic carbocycles. The first-order valence-corrected chi connectivity index (χ1v) is 16.1. The number of piperazine rings is 1. The van der Waals surface area contributed by atoms with Gasteiger partial charge in [-0.05, 0) is 112 Å². The number of rotatable bonds is 3. The minimum Gasteiger partial charge on any atom is -0.389 e. The van der Waals surface area contributed by atoms with Crippen molar-refractivity contribution in [3.05, 3.63) is 35.4 Å². The quantitative estimate of drug-likeness (QED) is 0.433. The van der Waals surface area contributed by atoms with E-state index in [-0.39, 0.29) is 34.4 Å². The Balaban J connectivity index is 1.10. The van der Waals surface area contributed by atoms with Gasteiger partial charge in [-0.25, -0.2) is 0 Å². The molecular formula is C34H47F3N2O3. The van der Waals surface area contributed by atoms with Gasteiger partial charge in [-0.1, -0.05) is 19.9 Å². The highest BCUT2D eigenvalue weighted by Crippen LogP contribution is 2.66. The number of hydrogen-bond donors (Lipinski definition) is 1. The van der Waals surface area contributed by atoms with Gasteiger partial charge in [-0.15, -0.1) is 0 Å². The molecule has 42 heavy (non-hydrogen) atoms. The highest BCUT2D eigenvalue weighted by Gasteiger charge is 2.61. The number of hydrogen-bond acceptors (Lipinski definition) is 4. The Bertz CT molecular complexity index is 1240. The number of carbonyl (C=O) groups excluding carboxylic acids is 2. The van der Waals surface area contributed by atoms with E-state index in [1.165, 1.54) is 12.1 Å². The van der Waals surface area contributed by atoms with Crippen molar-refractivity contribution in [3.63, 3.8) is 0 Å². The Morgan fingerprint density at radius 2 is 1.76 bits per heavy atom. The average Bonchev–Trinajstić information content (AvgIpc) is 3.24. The third-order valence-electron chi connectivity index (χ3n) is 12.8. The summed E-state index contributed by atoms with van der Waals surface area (Å²) < 4.78 is 39.7. The van der Waals surface area contributed by atoms with Gasteiger partial charge in [0.25, 0.3) is 5.91 Å². The number of halogens is 3. The minimum atomic E-state index is -4.49. The molecule has 2 unspecified atom stereocenters. The molecule has 1 saturated heterocycles. The summed E-state index contributed by atoms with van der Waals surface area (Å²) in [5.41, 5.74) is -1.45. The number of β-amino-alcohol motifs (C(OH)–C–C–N with tert-alkyl or cyclic N) is 1. The standard InChI is InChI=1S/C34H47F3N2O3/c1-21-19-39(30(41)23-6-5-7-24(16-23)34(35,36)37)22(2)18-38(21)20-33(42)15-14-31(3)25(17-33)8-9-26-27-10-11-29(40)32(27,4)13-12-28(26)31/h5-7,16,21-22,25-28,42H,8-15,17-20H2,1-4H3/t21?,22?,25-,26-,27-,28-,31-,32-,33+/m0/s1. The number of aliphatic hydroxyl groups is 1. The highest BCUT2D eigenvalue weighted by molar-refractivity contribution is 5.94. The second-order valence-electron chi connectivity index (χ2n) is 15.2. The first-order chi connectivity index (χ1) is 19.6. The van der Waals surface area contributed by atoms with Crippen LogP contribution in [0.3, 0.4) is 0 Å². The molecule has 9 atom stereocenters. The first kappa shape index (κ1) is 30.1. The zero-order valence-corrected chi connectivity index (χ0v) is 25.6. The van der Waals surface area contributed by atoms with Gasteiger partial charge >= 0.3 is 6.18 Å². The third-order valence-corrected chi connectivity index (χ3v) is 12.8. The summed E-state index contributed by atoms with van der Waals surface area (Å²) in [6.45, 7) is 10.2. The zero-order chi connectivity index (χ0) is 30.2. The smallest absolute Gasteiger partial charge is 0.389 e. The summed E-state index contributed by atoms with van der Waals surface area (Å²) in [5, 5.41) is 12.0. The van der Waals surface area contributed by atoms with E-state index in [1.54, 1.807) is 4.90 Å². The maximum absolute atomic E-state index is 13.3. The van der Waals surface area contributed by atoms with Crippen molar-refractivity contribution < 1.29 is 27.9 Å². The van der Waals surface area contributed by atoms with Gasteiger partial charge in [0.15, 0.2) is 0 Å². The summed E-state index contributed by atoms with van der Waals surface area (Å²) in [6, 6.07) is 4.49. The summed E-state index contributed by atoms with van der Waals surface area (Å²) in [7, 11) is 0. The van der Waals surface area contributed by atoms with E-state index in [0.717, 1.165) is 69.9 Å². The van der Waals surface area contributed by atoms with E-state index in [0.29, 0.717) is 49.1 Å². The fourth-order valence-corrected chi connectivity index (χ4v) is 10.3. The Hall–Kier alpha value is -1.93. The Morgan fingerprint density at radius 1 is 1.00 bits per heavy atom. The van der Waals surface area contributed by atoms with Crippen LogP contribution in [0.2, 0.25) is 0 Å². The van der Waals surface area contributed by atoms with Crippen molar-refractivity contribution in [2.75, 3.05) is 19.6 Å². The van der Waals surface area contributed by atoms with Crippen LogP contribution in [0.15, 0.2) is 24.3 Å². The summed E-state index contributed by atoms with van der Waals surface area (Å²) in [6.07, 6.45) is 4.29. The average molecular weight is 589 g/mol. The Kier molecular flexibility index (Phi) is 7.40. The van der Waals surface area contributed by atoms with Crippen molar-refractivity contribution in [3.8, 4) is 0 Å². The number of benzene rings is 1. The molecule has 0 spiro atoms. The number of nitrogens with zero attached hydrogens (tertiary/aromatic N) is 2. The lowest BCUT2D eigenvalue weighted by molar-refractivity contribution is -0.159. The van der Waals surface area contributed by atoms with Crippen molar-refractivity contribution in [1.82, 2.24) is 9.80 Å². The molecule has 0 bridgehead atoms. The summed E-state index contributed by atoms with van der Waals surface area (Å²) in [5.74, 6) is 2.36. The molecule has 5 aliphatic rings. The number of amides is 1. The molecule has 1 aromatic rings. The molecule has 4 saturated carbocycles. The lowest BCUT2D eigenvalue weighted by Gasteiger charge is -2.61. The molecule has 1 aliphatic heterocycles. The molecule has 0 radical (unpaired) electrons. The fraction of sp³-hybridized carbons (Fsp3) is 0.765. The molecule has 5 nitrogen and oxygen atoms in total. The highest BCUT2D eigenvalue weighted by atomic mass is 19.4. The van der Waals surface area contributed by atoms with Gasteiger partial charge in [-0.2, -0.15) is 13.2 Å². The van der Waals surface area contributed by atoms with E-state index in [1.807, 2.05) is 13.8 Å². The van der Waals surface area contributed by atoms with E-state index in [4.69, 9.17) is 0 Å². The molecule has 1 heterocycles. The normalized spacial score (nSPS) is 42.6. The first-order valence-electron chi connectivity index (χ1n) is 16.1. The predicted molar refractivity (Wildman–Crippen MR) is 155 cm³/mol. The van der Waals surface area contributed by atoms with Crippen LogP contribution in [-0.4, -0.2) is 63.9 Å². The molecule has 8 heteroatoms. The molecule has 232 valence electrons. The van der Waals surface area contributed by atoms with Crippen LogP contribution in [-0.2, 0) is 11.0 Å². The van der Waals surface area contributed by atoms with Crippen molar-refractivity contribution in [2.24, 2.45) is 34.5 Å². The van der Waals surface area contributed by atoms with E-state index in [2.05, 4.69) is 18.7 Å².